The zero-order valence-corrected chi connectivity index (χ0v) is 26.9. The molecule has 6 rings (SSSR count). The summed E-state index contributed by atoms with van der Waals surface area (Å²) in [6.45, 7) is 1.92. The fourth-order valence-electron chi connectivity index (χ4n) is 6.89. The molecule has 13 heteroatoms. The van der Waals surface area contributed by atoms with E-state index in [-0.39, 0.29) is 44.3 Å². The normalized spacial score (nSPS) is 26.7. The maximum absolute atomic E-state index is 14.2. The summed E-state index contributed by atoms with van der Waals surface area (Å²) in [6, 6.07) is 12.9. The quantitative estimate of drug-likeness (QED) is 0.276. The number of nitrogens with zero attached hydrogens (tertiary/aromatic N) is 2. The Morgan fingerprint density at radius 3 is 2.42 bits per heavy atom. The number of nitrogens with one attached hydrogen (secondary N) is 4. The van der Waals surface area contributed by atoms with Crippen LogP contribution in [0.3, 0.4) is 0 Å². The number of H-pyrrole nitrogens is 1. The van der Waals surface area contributed by atoms with Crippen LogP contribution in [0.15, 0.2) is 60.8 Å². The number of hydrogen-bond acceptors (Lipinski definition) is 7. The lowest BCUT2D eigenvalue weighted by atomic mass is 9.97. The van der Waals surface area contributed by atoms with E-state index in [1.807, 2.05) is 54.6 Å². The lowest BCUT2D eigenvalue weighted by Crippen LogP contribution is -2.56. The Kier molecular flexibility index (Phi) is 10.1. The Hall–Kier alpha value is -4.75. The number of amides is 5. The number of aromatic nitrogens is 1. The smallest absolute Gasteiger partial charge is 0.246 e. The number of rotatable bonds is 4. The molecule has 3 fully saturated rings. The molecule has 3 aliphatic rings. The Bertz CT molecular complexity index is 1660. The predicted octanol–water partition coefficient (Wildman–Crippen LogP) is 0.788. The van der Waals surface area contributed by atoms with Crippen molar-refractivity contribution in [3.63, 3.8) is 0 Å². The molecule has 0 spiro atoms. The molecule has 0 bridgehead atoms. The lowest BCUT2D eigenvalue weighted by molar-refractivity contribution is -0.144. The zero-order valence-electron chi connectivity index (χ0n) is 26.9. The highest BCUT2D eigenvalue weighted by Crippen LogP contribution is 2.25. The topological polar surface area (TPSA) is 173 Å². The van der Waals surface area contributed by atoms with E-state index in [1.54, 1.807) is 13.1 Å². The number of para-hydroxylation sites is 1. The van der Waals surface area contributed by atoms with E-state index < -0.39 is 53.9 Å². The average molecular weight is 659 g/mol. The van der Waals surface area contributed by atoms with Crippen molar-refractivity contribution >= 4 is 40.4 Å². The van der Waals surface area contributed by atoms with Crippen molar-refractivity contribution in [3.05, 3.63) is 71.9 Å². The number of aliphatic hydroxyl groups is 1. The second kappa shape index (κ2) is 14.6. The molecule has 0 radical (unpaired) electrons. The van der Waals surface area contributed by atoms with Gasteiger partial charge in [-0.25, -0.2) is 0 Å². The van der Waals surface area contributed by atoms with E-state index in [1.165, 1.54) is 9.80 Å². The molecule has 13 nitrogen and oxygen atoms in total. The molecule has 1 aromatic heterocycles. The van der Waals surface area contributed by atoms with Crippen LogP contribution < -0.4 is 16.0 Å². The summed E-state index contributed by atoms with van der Waals surface area (Å²) in [5, 5.41) is 20.0. The number of benzene rings is 2. The molecule has 5 amide bonds. The van der Waals surface area contributed by atoms with E-state index in [4.69, 9.17) is 4.74 Å². The Labute approximate surface area is 278 Å². The van der Waals surface area contributed by atoms with Gasteiger partial charge in [0, 0.05) is 62.2 Å². The van der Waals surface area contributed by atoms with Crippen LogP contribution in [-0.2, 0) is 35.1 Å². The largest absolute Gasteiger partial charge is 0.391 e. The van der Waals surface area contributed by atoms with Gasteiger partial charge < -0.3 is 40.6 Å². The van der Waals surface area contributed by atoms with E-state index in [9.17, 15) is 29.1 Å². The highest BCUT2D eigenvalue weighted by molar-refractivity contribution is 5.96. The molecule has 3 saturated heterocycles. The highest BCUT2D eigenvalue weighted by atomic mass is 16.5. The molecule has 5 atom stereocenters. The van der Waals surface area contributed by atoms with Crippen LogP contribution in [0, 0.1) is 5.92 Å². The third kappa shape index (κ3) is 7.37. The third-order valence-corrected chi connectivity index (χ3v) is 9.49. The van der Waals surface area contributed by atoms with Crippen molar-refractivity contribution in [2.45, 2.75) is 62.9 Å². The van der Waals surface area contributed by atoms with Crippen LogP contribution in [0.2, 0.25) is 0 Å². The Balaban J connectivity index is 1.37. The van der Waals surface area contributed by atoms with E-state index >= 15 is 0 Å². The van der Waals surface area contributed by atoms with Crippen molar-refractivity contribution in [1.29, 1.82) is 0 Å². The lowest BCUT2D eigenvalue weighted by Gasteiger charge is -2.33. The second-order valence-corrected chi connectivity index (χ2v) is 12.9. The first-order chi connectivity index (χ1) is 23.2. The minimum Gasteiger partial charge on any atom is -0.391 e. The van der Waals surface area contributed by atoms with E-state index in [0.717, 1.165) is 22.0 Å². The van der Waals surface area contributed by atoms with Gasteiger partial charge in [0.1, 0.15) is 18.1 Å². The summed E-state index contributed by atoms with van der Waals surface area (Å²) >= 11 is 0. The number of aliphatic hydroxyl groups excluding tert-OH is 1. The molecule has 5 N–H and O–H groups in total. The van der Waals surface area contributed by atoms with Gasteiger partial charge in [0.05, 0.1) is 18.7 Å². The molecule has 254 valence electrons. The minimum absolute atomic E-state index is 0.0119. The predicted molar refractivity (Wildman–Crippen MR) is 175 cm³/mol. The van der Waals surface area contributed by atoms with Gasteiger partial charge in [-0.3, -0.25) is 24.0 Å². The van der Waals surface area contributed by atoms with Gasteiger partial charge in [-0.15, -0.1) is 0 Å². The SMILES string of the molecule is C[C@@H]1NC(=O)[C@@H]2C[C@@H](O)CN2C(=O)[C@@H](Cc2c[nH]c3ccccc23)NC(=O)CN(C(=O)C2CCOCC2)C[C@@H](c2ccccc2)NC1=O. The molecular weight excluding hydrogens is 616 g/mol. The van der Waals surface area contributed by atoms with Gasteiger partial charge in [0.25, 0.3) is 0 Å². The van der Waals surface area contributed by atoms with E-state index in [2.05, 4.69) is 20.9 Å². The van der Waals surface area contributed by atoms with Gasteiger partial charge in [-0.05, 0) is 37.0 Å². The monoisotopic (exact) mass is 658 g/mol. The first-order valence-corrected chi connectivity index (χ1v) is 16.5. The maximum atomic E-state index is 14.2. The van der Waals surface area contributed by atoms with Gasteiger partial charge >= 0.3 is 0 Å². The van der Waals surface area contributed by atoms with Gasteiger partial charge in [-0.1, -0.05) is 48.5 Å². The van der Waals surface area contributed by atoms with Crippen LogP contribution in [0.1, 0.15) is 43.4 Å². The van der Waals surface area contributed by atoms with Gasteiger partial charge in [0.15, 0.2) is 0 Å². The summed E-state index contributed by atoms with van der Waals surface area (Å²) in [5.41, 5.74) is 2.37. The maximum Gasteiger partial charge on any atom is 0.246 e. The fourth-order valence-corrected chi connectivity index (χ4v) is 6.89. The second-order valence-electron chi connectivity index (χ2n) is 12.9. The van der Waals surface area contributed by atoms with Crippen LogP contribution in [0.5, 0.6) is 0 Å². The molecule has 3 aromatic rings. The zero-order chi connectivity index (χ0) is 33.8. The summed E-state index contributed by atoms with van der Waals surface area (Å²) in [6.07, 6.45) is 1.91. The van der Waals surface area contributed by atoms with Crippen molar-refractivity contribution in [2.75, 3.05) is 32.8 Å². The summed E-state index contributed by atoms with van der Waals surface area (Å²) in [7, 11) is 0. The number of carbonyl (C=O) groups excluding carboxylic acids is 5. The van der Waals surface area contributed by atoms with Gasteiger partial charge in [0.2, 0.25) is 29.5 Å². The van der Waals surface area contributed by atoms with Crippen LogP contribution in [-0.4, -0.2) is 107 Å². The van der Waals surface area contributed by atoms with Crippen LogP contribution >= 0.6 is 0 Å². The number of carbonyl (C=O) groups is 5. The molecule has 4 heterocycles. The number of hydrogen-bond donors (Lipinski definition) is 5. The number of ether oxygens (including phenoxy) is 1. The van der Waals surface area contributed by atoms with Crippen molar-refractivity contribution < 1.29 is 33.8 Å². The molecule has 0 saturated carbocycles. The summed E-state index contributed by atoms with van der Waals surface area (Å²) in [4.78, 5) is 75.2. The molecule has 48 heavy (non-hydrogen) atoms. The Morgan fingerprint density at radius 2 is 1.65 bits per heavy atom. The average Bonchev–Trinajstić information content (AvgIpc) is 3.70. The van der Waals surface area contributed by atoms with Crippen molar-refractivity contribution in [2.24, 2.45) is 5.92 Å². The molecule has 0 aliphatic carbocycles. The molecule has 0 unspecified atom stereocenters. The first kappa shape index (κ1) is 33.2. The summed E-state index contributed by atoms with van der Waals surface area (Å²) < 4.78 is 5.48. The molecule has 2 aromatic carbocycles. The number of aromatic amines is 1. The third-order valence-electron chi connectivity index (χ3n) is 9.49. The van der Waals surface area contributed by atoms with Gasteiger partial charge in [-0.2, -0.15) is 0 Å². The summed E-state index contributed by atoms with van der Waals surface area (Å²) in [5.74, 6) is -2.78. The standard InChI is InChI=1S/C35H42N6O7/c1-21-32(44)39-29(22-7-3-2-4-8-22)19-40(34(46)23-11-13-48-14-12-23)20-31(43)38-28(15-24-17-36-27-10-6-5-9-26(24)27)35(47)41-18-25(42)16-30(41)33(45)37-21/h2-10,17,21,23,25,28-30,36,42H,11-16,18-20H2,1H3,(H,37,45)(H,38,43)(H,39,44)/t21-,25+,28+,29-,30-/m0/s1. The fraction of sp³-hybridized carbons (Fsp3) is 0.457. The van der Waals surface area contributed by atoms with E-state index in [0.29, 0.717) is 26.1 Å². The minimum atomic E-state index is -1.11. The van der Waals surface area contributed by atoms with Crippen molar-refractivity contribution in [1.82, 2.24) is 30.7 Å². The van der Waals surface area contributed by atoms with Crippen molar-refractivity contribution in [3.8, 4) is 0 Å². The number of fused-ring (bicyclic) bond motifs is 2. The van der Waals surface area contributed by atoms with Crippen LogP contribution in [0.25, 0.3) is 10.9 Å². The van der Waals surface area contributed by atoms with Crippen LogP contribution in [0.4, 0.5) is 0 Å². The Morgan fingerprint density at radius 1 is 0.917 bits per heavy atom. The molecule has 3 aliphatic heterocycles. The molecular formula is C35H42N6O7. The first-order valence-electron chi connectivity index (χ1n) is 16.5. The highest BCUT2D eigenvalue weighted by Gasteiger charge is 2.43.